The maximum Gasteiger partial charge on any atom is 0.181 e. The molecule has 0 N–H and O–H groups in total. The number of carbonyl (C=O) groups is 1. The Hall–Kier alpha value is -1.68. The molecular formula is C11H8ClN3O. The van der Waals surface area contributed by atoms with Crippen LogP contribution in [0.3, 0.4) is 0 Å². The van der Waals surface area contributed by atoms with E-state index in [1.807, 2.05) is 12.1 Å². The molecule has 1 atom stereocenters. The van der Waals surface area contributed by atoms with Gasteiger partial charge in [-0.3, -0.25) is 4.79 Å². The summed E-state index contributed by atoms with van der Waals surface area (Å²) in [5.41, 5.74) is 0.909. The number of hydrogen-bond donors (Lipinski definition) is 0. The van der Waals surface area contributed by atoms with Crippen LogP contribution in [0.1, 0.15) is 18.8 Å². The number of Topliss-reactive ketones (excluding diaryl/α,β-unsaturated/α-hetero) is 1. The molecule has 16 heavy (non-hydrogen) atoms. The second-order valence-electron chi connectivity index (χ2n) is 3.76. The molecule has 2 heterocycles. The molecule has 0 saturated carbocycles. The minimum Gasteiger partial charge on any atom is -0.297 e. The average Bonchev–Trinajstić information content (AvgIpc) is 2.77. The maximum atomic E-state index is 11.1. The van der Waals surface area contributed by atoms with Gasteiger partial charge in [0, 0.05) is 10.6 Å². The highest BCUT2D eigenvalue weighted by Gasteiger charge is 2.41. The molecular weight excluding hydrogens is 226 g/mol. The monoisotopic (exact) mass is 233 g/mol. The van der Waals surface area contributed by atoms with Crippen LogP contribution in [0.5, 0.6) is 0 Å². The van der Waals surface area contributed by atoms with Gasteiger partial charge in [-0.15, -0.1) is 5.10 Å². The quantitative estimate of drug-likeness (QED) is 0.798. The number of ketones is 1. The minimum atomic E-state index is -0.212. The van der Waals surface area contributed by atoms with Crippen LogP contribution in [0.25, 0.3) is 11.4 Å². The van der Waals surface area contributed by atoms with Gasteiger partial charge in [-0.2, -0.15) is 0 Å². The Kier molecular flexibility index (Phi) is 1.88. The third-order valence-corrected chi connectivity index (χ3v) is 2.82. The second-order valence-corrected chi connectivity index (χ2v) is 4.19. The average molecular weight is 234 g/mol. The van der Waals surface area contributed by atoms with Crippen molar-refractivity contribution >= 4 is 17.4 Å². The number of fused-ring (bicyclic) bond motifs is 1. The molecule has 2 aromatic rings. The highest BCUT2D eigenvalue weighted by molar-refractivity contribution is 6.30. The molecule has 0 amide bonds. The third kappa shape index (κ3) is 1.34. The van der Waals surface area contributed by atoms with Gasteiger partial charge in [-0.05, 0) is 31.2 Å². The van der Waals surface area contributed by atoms with Gasteiger partial charge in [-0.1, -0.05) is 11.6 Å². The lowest BCUT2D eigenvalue weighted by atomic mass is 10.2. The molecule has 0 fully saturated rings. The van der Waals surface area contributed by atoms with Crippen molar-refractivity contribution in [1.82, 2.24) is 14.8 Å². The predicted molar refractivity (Wildman–Crippen MR) is 59.3 cm³/mol. The second kappa shape index (κ2) is 3.15. The largest absolute Gasteiger partial charge is 0.297 e. The number of halogens is 1. The van der Waals surface area contributed by atoms with E-state index in [0.29, 0.717) is 10.8 Å². The van der Waals surface area contributed by atoms with Crippen LogP contribution in [-0.2, 0) is 4.79 Å². The van der Waals surface area contributed by atoms with Crippen LogP contribution in [-0.4, -0.2) is 20.5 Å². The number of aromatic nitrogens is 3. The summed E-state index contributed by atoms with van der Waals surface area (Å²) in [5.74, 6) is 1.47. The van der Waals surface area contributed by atoms with E-state index >= 15 is 0 Å². The van der Waals surface area contributed by atoms with Gasteiger partial charge in [0.25, 0.3) is 0 Å². The fraction of sp³-hybridized carbons (Fsp3) is 0.182. The number of hydrogen-bond acceptors (Lipinski definition) is 3. The smallest absolute Gasteiger partial charge is 0.181 e. The summed E-state index contributed by atoms with van der Waals surface area (Å²) in [6, 6.07) is 7.10. The van der Waals surface area contributed by atoms with E-state index in [9.17, 15) is 4.79 Å². The van der Waals surface area contributed by atoms with Gasteiger partial charge in [0.15, 0.2) is 23.5 Å². The van der Waals surface area contributed by atoms with E-state index in [1.165, 1.54) is 0 Å². The van der Waals surface area contributed by atoms with Crippen molar-refractivity contribution in [2.24, 2.45) is 0 Å². The van der Waals surface area contributed by atoms with Crippen LogP contribution in [0.15, 0.2) is 24.3 Å². The Morgan fingerprint density at radius 3 is 2.56 bits per heavy atom. The van der Waals surface area contributed by atoms with E-state index in [-0.39, 0.29) is 11.8 Å². The fourth-order valence-electron chi connectivity index (χ4n) is 1.71. The molecule has 1 aromatic carbocycles. The number of nitrogens with zero attached hydrogens (tertiary/aromatic N) is 3. The van der Waals surface area contributed by atoms with Crippen molar-refractivity contribution in [3.63, 3.8) is 0 Å². The molecule has 4 nitrogen and oxygen atoms in total. The lowest BCUT2D eigenvalue weighted by Crippen LogP contribution is -1.99. The summed E-state index contributed by atoms with van der Waals surface area (Å²) >= 11 is 5.79. The van der Waals surface area contributed by atoms with Crippen molar-refractivity contribution in [2.75, 3.05) is 0 Å². The highest BCUT2D eigenvalue weighted by atomic mass is 35.5. The summed E-state index contributed by atoms with van der Waals surface area (Å²) in [6.07, 6.45) is 0. The first-order valence-corrected chi connectivity index (χ1v) is 5.27. The number of rotatable bonds is 2. The Balaban J connectivity index is 1.91. The summed E-state index contributed by atoms with van der Waals surface area (Å²) in [4.78, 5) is 15.4. The van der Waals surface area contributed by atoms with E-state index in [1.54, 1.807) is 23.7 Å². The van der Waals surface area contributed by atoms with Crippen molar-refractivity contribution < 1.29 is 4.79 Å². The van der Waals surface area contributed by atoms with Crippen LogP contribution < -0.4 is 0 Å². The van der Waals surface area contributed by atoms with Gasteiger partial charge in [0.1, 0.15) is 0 Å². The van der Waals surface area contributed by atoms with E-state index in [2.05, 4.69) is 10.1 Å². The maximum absolute atomic E-state index is 11.1. The van der Waals surface area contributed by atoms with Crippen molar-refractivity contribution in [3.8, 4) is 11.4 Å². The first-order valence-electron chi connectivity index (χ1n) is 4.89. The van der Waals surface area contributed by atoms with E-state index < -0.39 is 0 Å². The Morgan fingerprint density at radius 1 is 1.38 bits per heavy atom. The Labute approximate surface area is 96.9 Å². The summed E-state index contributed by atoms with van der Waals surface area (Å²) in [7, 11) is 0. The van der Waals surface area contributed by atoms with Crippen LogP contribution in [0, 0.1) is 0 Å². The lowest BCUT2D eigenvalue weighted by Gasteiger charge is -1.96. The third-order valence-electron chi connectivity index (χ3n) is 2.57. The Bertz CT molecular complexity index is 552. The van der Waals surface area contributed by atoms with Gasteiger partial charge in [-0.25, -0.2) is 9.67 Å². The summed E-state index contributed by atoms with van der Waals surface area (Å²) in [6.45, 7) is 1.54. The molecule has 1 aliphatic rings. The zero-order valence-electron chi connectivity index (χ0n) is 8.51. The number of carbonyl (C=O) groups excluding carboxylic acids is 1. The van der Waals surface area contributed by atoms with Gasteiger partial charge in [0.05, 0.1) is 0 Å². The Morgan fingerprint density at radius 2 is 2.06 bits per heavy atom. The molecule has 0 radical (unpaired) electrons. The SMILES string of the molecule is CC(=O)C1c2nc(-c3ccc(Cl)cc3)nn21. The molecule has 1 unspecified atom stereocenters. The molecule has 0 bridgehead atoms. The van der Waals surface area contributed by atoms with Crippen LogP contribution in [0.4, 0.5) is 0 Å². The first kappa shape index (κ1) is 9.54. The van der Waals surface area contributed by atoms with Crippen molar-refractivity contribution in [1.29, 1.82) is 0 Å². The topological polar surface area (TPSA) is 47.8 Å². The van der Waals surface area contributed by atoms with Crippen molar-refractivity contribution in [2.45, 2.75) is 13.0 Å². The molecule has 1 aromatic heterocycles. The summed E-state index contributed by atoms with van der Waals surface area (Å²) < 4.78 is 1.65. The van der Waals surface area contributed by atoms with Gasteiger partial charge >= 0.3 is 0 Å². The van der Waals surface area contributed by atoms with Crippen LogP contribution >= 0.6 is 11.6 Å². The van der Waals surface area contributed by atoms with E-state index in [4.69, 9.17) is 11.6 Å². The first-order chi connectivity index (χ1) is 7.66. The molecule has 1 aliphatic heterocycles. The molecule has 80 valence electrons. The lowest BCUT2D eigenvalue weighted by molar-refractivity contribution is -0.117. The van der Waals surface area contributed by atoms with Crippen molar-refractivity contribution in [3.05, 3.63) is 35.1 Å². The fourth-order valence-corrected chi connectivity index (χ4v) is 1.83. The standard InChI is InChI=1S/C11H8ClN3O/c1-6(16)9-11-13-10(14-15(9)11)7-2-4-8(12)5-3-7/h2-5,9H,1H3. The zero-order valence-corrected chi connectivity index (χ0v) is 9.27. The van der Waals surface area contributed by atoms with Crippen LogP contribution in [0.2, 0.25) is 5.02 Å². The summed E-state index contributed by atoms with van der Waals surface area (Å²) in [5, 5.41) is 4.93. The van der Waals surface area contributed by atoms with Gasteiger partial charge < -0.3 is 0 Å². The molecule has 3 rings (SSSR count). The molecule has 0 spiro atoms. The number of benzene rings is 1. The zero-order chi connectivity index (χ0) is 11.3. The molecule has 5 heteroatoms. The molecule has 0 saturated heterocycles. The van der Waals surface area contributed by atoms with Gasteiger partial charge in [0.2, 0.25) is 0 Å². The predicted octanol–water partition coefficient (Wildman–Crippen LogP) is 2.09. The normalized spacial score (nSPS) is 17.0. The highest BCUT2D eigenvalue weighted by Crippen LogP contribution is 2.34. The minimum absolute atomic E-state index is 0.0812. The van der Waals surface area contributed by atoms with E-state index in [0.717, 1.165) is 11.4 Å². The molecule has 0 aliphatic carbocycles.